The van der Waals surface area contributed by atoms with Gasteiger partial charge in [-0.3, -0.25) is 9.69 Å². The average molecular weight is 383 g/mol. The van der Waals surface area contributed by atoms with Crippen LogP contribution in [0.3, 0.4) is 0 Å². The number of piperazine rings is 1. The summed E-state index contributed by atoms with van der Waals surface area (Å²) in [5.74, 6) is 1.40. The highest BCUT2D eigenvalue weighted by molar-refractivity contribution is 5.79. The summed E-state index contributed by atoms with van der Waals surface area (Å²) >= 11 is 0. The predicted molar refractivity (Wildman–Crippen MR) is 113 cm³/mol. The molecule has 2 heterocycles. The normalized spacial score (nSPS) is 29.1. The number of carbonyl (C=O) groups is 1. The van der Waals surface area contributed by atoms with E-state index in [-0.39, 0.29) is 5.54 Å². The van der Waals surface area contributed by atoms with Crippen molar-refractivity contribution in [3.05, 3.63) is 41.5 Å². The molecule has 2 bridgehead atoms. The lowest BCUT2D eigenvalue weighted by molar-refractivity contribution is -0.123. The Kier molecular flexibility index (Phi) is 5.62. The van der Waals surface area contributed by atoms with Crippen molar-refractivity contribution in [1.29, 1.82) is 0 Å². The van der Waals surface area contributed by atoms with Crippen LogP contribution in [0.15, 0.2) is 35.9 Å². The van der Waals surface area contributed by atoms with Gasteiger partial charge in [0.25, 0.3) is 0 Å². The predicted octanol–water partition coefficient (Wildman–Crippen LogP) is 3.84. The van der Waals surface area contributed by atoms with E-state index in [0.29, 0.717) is 24.5 Å². The van der Waals surface area contributed by atoms with E-state index in [1.165, 1.54) is 24.1 Å². The second-order valence-electron chi connectivity index (χ2n) is 9.31. The fourth-order valence-electron chi connectivity index (χ4n) is 5.41. The molecule has 1 unspecified atom stereocenters. The SMILES string of the molecule is CC(C)=CCOc1ccc(C[C@H]2CN(C)[C@@H]3CN2C2(CCC(=O)CC2)C3)cc1. The second-order valence-corrected chi connectivity index (χ2v) is 9.31. The summed E-state index contributed by atoms with van der Waals surface area (Å²) in [6.07, 6.45) is 8.08. The summed E-state index contributed by atoms with van der Waals surface area (Å²) in [5.41, 5.74) is 2.92. The molecule has 0 aromatic heterocycles. The lowest BCUT2D eigenvalue weighted by atomic mass is 9.78. The van der Waals surface area contributed by atoms with E-state index in [0.717, 1.165) is 44.4 Å². The minimum atomic E-state index is 0.265. The first-order valence-electron chi connectivity index (χ1n) is 10.8. The van der Waals surface area contributed by atoms with Crippen molar-refractivity contribution >= 4 is 5.78 Å². The first kappa shape index (κ1) is 19.7. The van der Waals surface area contributed by atoms with Crippen molar-refractivity contribution in [1.82, 2.24) is 9.80 Å². The van der Waals surface area contributed by atoms with Gasteiger partial charge in [-0.2, -0.15) is 0 Å². The number of rotatable bonds is 5. The minimum absolute atomic E-state index is 0.265. The Morgan fingerprint density at radius 1 is 1.18 bits per heavy atom. The number of hydrogen-bond acceptors (Lipinski definition) is 4. The molecule has 1 spiro atoms. The van der Waals surface area contributed by atoms with Gasteiger partial charge in [0.1, 0.15) is 18.1 Å². The highest BCUT2D eigenvalue weighted by Gasteiger charge is 2.53. The highest BCUT2D eigenvalue weighted by atomic mass is 16.5. The summed E-state index contributed by atoms with van der Waals surface area (Å²) in [6, 6.07) is 9.84. The lowest BCUT2D eigenvalue weighted by Crippen LogP contribution is -2.57. The smallest absolute Gasteiger partial charge is 0.133 e. The monoisotopic (exact) mass is 382 g/mol. The first-order valence-corrected chi connectivity index (χ1v) is 10.8. The van der Waals surface area contributed by atoms with Crippen molar-refractivity contribution in [2.45, 2.75) is 70.0 Å². The number of fused-ring (bicyclic) bond motifs is 3. The van der Waals surface area contributed by atoms with Crippen LogP contribution in [0, 0.1) is 0 Å². The van der Waals surface area contributed by atoms with E-state index < -0.39 is 0 Å². The molecule has 3 atom stereocenters. The van der Waals surface area contributed by atoms with Gasteiger partial charge in [0.15, 0.2) is 0 Å². The molecule has 1 aromatic carbocycles. The fourth-order valence-corrected chi connectivity index (χ4v) is 5.41. The molecule has 0 amide bonds. The Hall–Kier alpha value is -1.65. The van der Waals surface area contributed by atoms with Gasteiger partial charge in [-0.1, -0.05) is 17.7 Å². The summed E-state index contributed by atoms with van der Waals surface area (Å²) < 4.78 is 5.80. The van der Waals surface area contributed by atoms with Crippen molar-refractivity contribution in [3.8, 4) is 5.75 Å². The molecule has 0 N–H and O–H groups in total. The number of benzene rings is 1. The summed E-state index contributed by atoms with van der Waals surface area (Å²) in [6.45, 7) is 7.10. The van der Waals surface area contributed by atoms with Gasteiger partial charge < -0.3 is 9.64 Å². The van der Waals surface area contributed by atoms with Gasteiger partial charge in [-0.05, 0) is 70.4 Å². The van der Waals surface area contributed by atoms with Gasteiger partial charge in [-0.15, -0.1) is 0 Å². The van der Waals surface area contributed by atoms with Crippen LogP contribution in [0.25, 0.3) is 0 Å². The van der Waals surface area contributed by atoms with Gasteiger partial charge in [0.05, 0.1) is 0 Å². The summed E-state index contributed by atoms with van der Waals surface area (Å²) in [4.78, 5) is 17.2. The molecule has 4 heteroatoms. The number of hydrogen-bond donors (Lipinski definition) is 0. The molecule has 1 aromatic rings. The van der Waals surface area contributed by atoms with Crippen LogP contribution in [0.1, 0.15) is 51.5 Å². The Morgan fingerprint density at radius 2 is 1.89 bits per heavy atom. The Labute approximate surface area is 169 Å². The van der Waals surface area contributed by atoms with E-state index in [2.05, 4.69) is 61.0 Å². The minimum Gasteiger partial charge on any atom is -0.490 e. The zero-order chi connectivity index (χ0) is 19.7. The number of allylic oxidation sites excluding steroid dienone is 1. The van der Waals surface area contributed by atoms with Gasteiger partial charge in [0, 0.05) is 43.6 Å². The molecule has 2 aliphatic heterocycles. The number of ketones is 1. The molecule has 4 nitrogen and oxygen atoms in total. The quantitative estimate of drug-likeness (QED) is 0.725. The highest BCUT2D eigenvalue weighted by Crippen LogP contribution is 2.45. The van der Waals surface area contributed by atoms with E-state index in [4.69, 9.17) is 4.74 Å². The number of Topliss-reactive ketones (excluding diaryl/α,β-unsaturated/α-hetero) is 1. The maximum absolute atomic E-state index is 11.8. The van der Waals surface area contributed by atoms with E-state index in [1.54, 1.807) is 0 Å². The standard InChI is InChI=1S/C24H34N2O2/c1-18(2)10-13-28-23-6-4-19(5-7-23)14-20-16-25(3)21-15-24(26(20)17-21)11-8-22(27)9-12-24/h4-7,10,20-21H,8-9,11-17H2,1-3H3/t20-,21-/m0/s1. The zero-order valence-corrected chi connectivity index (χ0v) is 17.6. The van der Waals surface area contributed by atoms with Crippen LogP contribution < -0.4 is 4.74 Å². The molecular formula is C24H34N2O2. The Morgan fingerprint density at radius 3 is 2.57 bits per heavy atom. The third-order valence-corrected chi connectivity index (χ3v) is 7.07. The molecule has 152 valence electrons. The number of nitrogens with zero attached hydrogens (tertiary/aromatic N) is 2. The summed E-state index contributed by atoms with van der Waals surface area (Å²) in [7, 11) is 2.28. The van der Waals surface area contributed by atoms with Crippen molar-refractivity contribution in [2.75, 3.05) is 26.7 Å². The summed E-state index contributed by atoms with van der Waals surface area (Å²) in [5, 5.41) is 0. The van der Waals surface area contributed by atoms with Crippen LogP contribution in [0.5, 0.6) is 5.75 Å². The van der Waals surface area contributed by atoms with Crippen LogP contribution in [-0.2, 0) is 11.2 Å². The molecule has 28 heavy (non-hydrogen) atoms. The Balaban J connectivity index is 1.43. The first-order chi connectivity index (χ1) is 13.4. The molecule has 2 saturated heterocycles. The average Bonchev–Trinajstić information content (AvgIpc) is 2.99. The van der Waals surface area contributed by atoms with E-state index >= 15 is 0 Å². The number of carbonyl (C=O) groups excluding carboxylic acids is 1. The molecule has 3 fully saturated rings. The lowest BCUT2D eigenvalue weighted by Gasteiger charge is -2.46. The van der Waals surface area contributed by atoms with E-state index in [1.807, 2.05) is 0 Å². The molecule has 3 aliphatic rings. The van der Waals surface area contributed by atoms with Crippen LogP contribution in [0.2, 0.25) is 0 Å². The number of likely N-dealkylation sites (N-methyl/N-ethyl adjacent to an activating group) is 1. The zero-order valence-electron chi connectivity index (χ0n) is 17.6. The third kappa shape index (κ3) is 4.04. The van der Waals surface area contributed by atoms with Crippen LogP contribution in [-0.4, -0.2) is 59.9 Å². The largest absolute Gasteiger partial charge is 0.490 e. The molecule has 1 aliphatic carbocycles. The number of ether oxygens (including phenoxy) is 1. The Bertz CT molecular complexity index is 725. The topological polar surface area (TPSA) is 32.8 Å². The van der Waals surface area contributed by atoms with Crippen molar-refractivity contribution < 1.29 is 9.53 Å². The van der Waals surface area contributed by atoms with Gasteiger partial charge in [0.2, 0.25) is 0 Å². The van der Waals surface area contributed by atoms with Crippen molar-refractivity contribution in [2.24, 2.45) is 0 Å². The molecule has 0 radical (unpaired) electrons. The fraction of sp³-hybridized carbons (Fsp3) is 0.625. The van der Waals surface area contributed by atoms with Gasteiger partial charge >= 0.3 is 0 Å². The second kappa shape index (κ2) is 8.00. The molecule has 4 rings (SSSR count). The van der Waals surface area contributed by atoms with E-state index in [9.17, 15) is 4.79 Å². The van der Waals surface area contributed by atoms with Gasteiger partial charge in [-0.25, -0.2) is 0 Å². The van der Waals surface area contributed by atoms with Crippen molar-refractivity contribution in [3.63, 3.8) is 0 Å². The maximum Gasteiger partial charge on any atom is 0.133 e. The molecule has 1 saturated carbocycles. The molecular weight excluding hydrogens is 348 g/mol. The van der Waals surface area contributed by atoms with Crippen LogP contribution >= 0.6 is 0 Å². The maximum atomic E-state index is 11.8. The third-order valence-electron chi connectivity index (χ3n) is 7.07. The van der Waals surface area contributed by atoms with Crippen LogP contribution in [0.4, 0.5) is 0 Å².